The van der Waals surface area contributed by atoms with Crippen molar-refractivity contribution in [2.24, 2.45) is 5.41 Å². The number of nitrogens with one attached hydrogen (secondary N) is 2. The van der Waals surface area contributed by atoms with Crippen LogP contribution in [0.3, 0.4) is 0 Å². The van der Waals surface area contributed by atoms with Crippen LogP contribution in [0.5, 0.6) is 0 Å². The fourth-order valence-electron chi connectivity index (χ4n) is 4.72. The summed E-state index contributed by atoms with van der Waals surface area (Å²) in [6.45, 7) is 10.3. The van der Waals surface area contributed by atoms with Crippen LogP contribution >= 0.6 is 11.3 Å². The second kappa shape index (κ2) is 11.1. The molecule has 3 atom stereocenters. The van der Waals surface area contributed by atoms with Gasteiger partial charge in [0.25, 0.3) is 5.91 Å². The minimum Gasteiger partial charge on any atom is -0.377 e. The predicted octanol–water partition coefficient (Wildman–Crippen LogP) is 3.77. The Morgan fingerprint density at radius 2 is 1.92 bits per heavy atom. The van der Waals surface area contributed by atoms with Crippen LogP contribution < -0.4 is 10.6 Å². The molecule has 0 radical (unpaired) electrons. The van der Waals surface area contributed by atoms with E-state index in [1.54, 1.807) is 11.3 Å². The van der Waals surface area contributed by atoms with Crippen molar-refractivity contribution < 1.29 is 23.5 Å². The summed E-state index contributed by atoms with van der Waals surface area (Å²) in [5, 5.41) is 5.60. The molecule has 2 aliphatic rings. The molecule has 1 aliphatic heterocycles. The van der Waals surface area contributed by atoms with Crippen molar-refractivity contribution >= 4 is 29.1 Å². The van der Waals surface area contributed by atoms with E-state index in [2.05, 4.69) is 15.6 Å². The molecule has 4 rings (SSSR count). The van der Waals surface area contributed by atoms with Crippen molar-refractivity contribution in [2.75, 3.05) is 13.2 Å². The molecule has 2 aromatic rings. The van der Waals surface area contributed by atoms with Crippen LogP contribution in [0.25, 0.3) is 10.4 Å². The van der Waals surface area contributed by atoms with Crippen LogP contribution in [0.2, 0.25) is 0 Å². The van der Waals surface area contributed by atoms with Gasteiger partial charge in [-0.05, 0) is 43.2 Å². The fraction of sp³-hybridized carbons (Fsp3) is 0.571. The Morgan fingerprint density at radius 3 is 2.47 bits per heavy atom. The number of alkyl halides is 1. The second-order valence-electron chi connectivity index (χ2n) is 11.2. The Balaban J connectivity index is 1.45. The second-order valence-corrected chi connectivity index (χ2v) is 12.1. The fourth-order valence-corrected chi connectivity index (χ4v) is 5.53. The number of hydrogen-bond donors (Lipinski definition) is 2. The summed E-state index contributed by atoms with van der Waals surface area (Å²) in [6.07, 6.45) is 0.382. The number of aryl methyl sites for hydroxylation is 1. The molecule has 1 saturated heterocycles. The third-order valence-electron chi connectivity index (χ3n) is 7.16. The van der Waals surface area contributed by atoms with Crippen LogP contribution in [0.4, 0.5) is 4.39 Å². The highest BCUT2D eigenvalue weighted by atomic mass is 32.1. The van der Waals surface area contributed by atoms with Gasteiger partial charge >= 0.3 is 0 Å². The minimum atomic E-state index is -1.90. The van der Waals surface area contributed by atoms with Crippen molar-refractivity contribution in [1.82, 2.24) is 20.5 Å². The standard InChI is InChI=1S/C28H37FN4O4S/c1-6-37-20-13-21(24(34)30-14-18-7-9-19(10-8-18)22-17(2)31-16-38-22)33(15-20)25(35)23(27(3,4)5)32-26(36)28(29)11-12-28/h7-10,16,20-21,23H,6,11-15H2,1-5H3,(H,30,34)(H,32,36)/t20-,21+,23-/m1/s1. The molecule has 2 fully saturated rings. The number of carbonyl (C=O) groups is 3. The Bertz CT molecular complexity index is 1170. The van der Waals surface area contributed by atoms with Gasteiger partial charge in [0.1, 0.15) is 12.1 Å². The summed E-state index contributed by atoms with van der Waals surface area (Å²) in [7, 11) is 0. The molecule has 0 bridgehead atoms. The average Bonchev–Trinajstić information content (AvgIpc) is 3.27. The molecule has 206 valence electrons. The monoisotopic (exact) mass is 544 g/mol. The van der Waals surface area contributed by atoms with Crippen LogP contribution in [0, 0.1) is 12.3 Å². The molecule has 1 aromatic heterocycles. The molecule has 1 aliphatic carbocycles. The Morgan fingerprint density at radius 1 is 1.24 bits per heavy atom. The van der Waals surface area contributed by atoms with Gasteiger partial charge in [-0.1, -0.05) is 45.0 Å². The first-order valence-corrected chi connectivity index (χ1v) is 14.0. The number of ether oxygens (including phenoxy) is 1. The third-order valence-corrected chi connectivity index (χ3v) is 8.14. The van der Waals surface area contributed by atoms with Gasteiger partial charge in [-0.2, -0.15) is 0 Å². The number of aromatic nitrogens is 1. The van der Waals surface area contributed by atoms with Gasteiger partial charge in [-0.3, -0.25) is 14.4 Å². The first-order chi connectivity index (χ1) is 17.9. The molecule has 1 aromatic carbocycles. The van der Waals surface area contributed by atoms with Crippen LogP contribution in [0.15, 0.2) is 29.8 Å². The number of thiazole rings is 1. The van der Waals surface area contributed by atoms with Gasteiger partial charge in [-0.25, -0.2) is 9.37 Å². The molecule has 10 heteroatoms. The molecule has 2 heterocycles. The zero-order chi connectivity index (χ0) is 27.7. The number of rotatable bonds is 9. The smallest absolute Gasteiger partial charge is 0.258 e. The van der Waals surface area contributed by atoms with Gasteiger partial charge in [-0.15, -0.1) is 11.3 Å². The van der Waals surface area contributed by atoms with Gasteiger partial charge in [0.2, 0.25) is 11.8 Å². The number of amides is 3. The summed E-state index contributed by atoms with van der Waals surface area (Å²) < 4.78 is 20.2. The normalized spacial score (nSPS) is 21.2. The molecule has 0 spiro atoms. The van der Waals surface area contributed by atoms with Crippen molar-refractivity contribution in [3.8, 4) is 10.4 Å². The number of benzene rings is 1. The lowest BCUT2D eigenvalue weighted by molar-refractivity contribution is -0.145. The summed E-state index contributed by atoms with van der Waals surface area (Å²) >= 11 is 1.59. The third kappa shape index (κ3) is 6.23. The number of nitrogens with zero attached hydrogens (tertiary/aromatic N) is 2. The van der Waals surface area contributed by atoms with Gasteiger partial charge in [0.05, 0.1) is 22.2 Å². The SMILES string of the molecule is CCO[C@@H]1C[C@@H](C(=O)NCc2ccc(-c3scnc3C)cc2)N(C(=O)[C@@H](NC(=O)C2(F)CC2)C(C)(C)C)C1. The largest absolute Gasteiger partial charge is 0.377 e. The van der Waals surface area contributed by atoms with E-state index in [-0.39, 0.29) is 31.4 Å². The highest BCUT2D eigenvalue weighted by Crippen LogP contribution is 2.40. The quantitative estimate of drug-likeness (QED) is 0.501. The Hall–Kier alpha value is -2.85. The van der Waals surface area contributed by atoms with E-state index >= 15 is 0 Å². The van der Waals surface area contributed by atoms with Crippen LogP contribution in [-0.2, 0) is 25.7 Å². The summed E-state index contributed by atoms with van der Waals surface area (Å²) in [5.41, 5.74) is 2.23. The summed E-state index contributed by atoms with van der Waals surface area (Å²) in [4.78, 5) is 46.5. The zero-order valence-electron chi connectivity index (χ0n) is 22.7. The van der Waals surface area contributed by atoms with E-state index in [1.807, 2.05) is 64.4 Å². The average molecular weight is 545 g/mol. The maximum Gasteiger partial charge on any atom is 0.258 e. The van der Waals surface area contributed by atoms with Crippen LogP contribution in [0.1, 0.15) is 58.2 Å². The minimum absolute atomic E-state index is 0.163. The van der Waals surface area contributed by atoms with E-state index in [0.717, 1.165) is 21.7 Å². The van der Waals surface area contributed by atoms with E-state index in [0.29, 0.717) is 19.6 Å². The van der Waals surface area contributed by atoms with E-state index in [4.69, 9.17) is 4.74 Å². The predicted molar refractivity (Wildman–Crippen MR) is 144 cm³/mol. The molecular weight excluding hydrogens is 507 g/mol. The molecular formula is C28H37FN4O4S. The van der Waals surface area contributed by atoms with Crippen molar-refractivity contribution in [2.45, 2.75) is 84.3 Å². The number of hydrogen-bond acceptors (Lipinski definition) is 6. The lowest BCUT2D eigenvalue weighted by Gasteiger charge is -2.35. The highest BCUT2D eigenvalue weighted by Gasteiger charge is 2.53. The van der Waals surface area contributed by atoms with E-state index in [1.165, 1.54) is 4.90 Å². The Kier molecular flexibility index (Phi) is 8.23. The molecule has 1 saturated carbocycles. The van der Waals surface area contributed by atoms with Crippen molar-refractivity contribution in [1.29, 1.82) is 0 Å². The maximum atomic E-state index is 14.4. The van der Waals surface area contributed by atoms with E-state index in [9.17, 15) is 18.8 Å². The number of likely N-dealkylation sites (tertiary alicyclic amines) is 1. The van der Waals surface area contributed by atoms with E-state index < -0.39 is 35.0 Å². The first-order valence-electron chi connectivity index (χ1n) is 13.1. The van der Waals surface area contributed by atoms with Gasteiger partial charge in [0.15, 0.2) is 5.67 Å². The number of carbonyl (C=O) groups excluding carboxylic acids is 3. The van der Waals surface area contributed by atoms with Crippen LogP contribution in [-0.4, -0.2) is 64.6 Å². The molecule has 3 amide bonds. The molecule has 8 nitrogen and oxygen atoms in total. The molecule has 2 N–H and O–H groups in total. The first kappa shape index (κ1) is 28.2. The van der Waals surface area contributed by atoms with Crippen molar-refractivity contribution in [3.05, 3.63) is 41.0 Å². The van der Waals surface area contributed by atoms with Gasteiger partial charge < -0.3 is 20.3 Å². The highest BCUT2D eigenvalue weighted by molar-refractivity contribution is 7.13. The number of halogens is 1. The molecule has 38 heavy (non-hydrogen) atoms. The topological polar surface area (TPSA) is 101 Å². The lowest BCUT2D eigenvalue weighted by atomic mass is 9.85. The Labute approximate surface area is 227 Å². The van der Waals surface area contributed by atoms with Gasteiger partial charge in [0, 0.05) is 26.1 Å². The van der Waals surface area contributed by atoms with Crippen molar-refractivity contribution in [3.63, 3.8) is 0 Å². The summed E-state index contributed by atoms with van der Waals surface area (Å²) in [5.74, 6) is -1.45. The molecule has 0 unspecified atom stereocenters. The lowest BCUT2D eigenvalue weighted by Crippen LogP contribution is -2.59. The maximum absolute atomic E-state index is 14.4. The zero-order valence-corrected chi connectivity index (χ0v) is 23.5. The summed E-state index contributed by atoms with van der Waals surface area (Å²) in [6, 6.07) is 6.22.